The Balaban J connectivity index is 2.27. The molecule has 1 saturated heterocycles. The number of amides is 2. The molecule has 1 unspecified atom stereocenters. The molecule has 1 aliphatic heterocycles. The van der Waals surface area contributed by atoms with E-state index >= 15 is 0 Å². The van der Waals surface area contributed by atoms with Crippen molar-refractivity contribution in [3.8, 4) is 11.5 Å². The van der Waals surface area contributed by atoms with Gasteiger partial charge < -0.3 is 14.2 Å². The topological polar surface area (TPSA) is 65.1 Å². The summed E-state index contributed by atoms with van der Waals surface area (Å²) >= 11 is 0. The molecule has 0 aliphatic carbocycles. The number of benzene rings is 1. The number of nitrogens with zero attached hydrogens (tertiary/aromatic N) is 1. The van der Waals surface area contributed by atoms with Crippen molar-refractivity contribution in [2.75, 3.05) is 20.8 Å². The zero-order valence-electron chi connectivity index (χ0n) is 14.2. The fourth-order valence-electron chi connectivity index (χ4n) is 2.65. The van der Waals surface area contributed by atoms with Crippen molar-refractivity contribution in [2.24, 2.45) is 5.92 Å². The predicted octanol–water partition coefficient (Wildman–Crippen LogP) is 2.81. The van der Waals surface area contributed by atoms with E-state index in [4.69, 9.17) is 14.2 Å². The molecule has 0 aromatic heterocycles. The van der Waals surface area contributed by atoms with E-state index in [0.717, 1.165) is 5.56 Å². The highest BCUT2D eigenvalue weighted by molar-refractivity contribution is 5.97. The molecule has 6 nitrogen and oxygen atoms in total. The number of ether oxygens (including phenoxy) is 3. The molecule has 6 heteroatoms. The third-order valence-corrected chi connectivity index (χ3v) is 4.19. The Kier molecular flexibility index (Phi) is 5.13. The van der Waals surface area contributed by atoms with Gasteiger partial charge in [0.15, 0.2) is 11.5 Å². The van der Waals surface area contributed by atoms with E-state index in [9.17, 15) is 9.59 Å². The number of cyclic esters (lactones) is 1. The van der Waals surface area contributed by atoms with Crippen LogP contribution >= 0.6 is 0 Å². The van der Waals surface area contributed by atoms with Crippen LogP contribution in [0.5, 0.6) is 11.5 Å². The summed E-state index contributed by atoms with van der Waals surface area (Å²) in [5, 5.41) is 0. The van der Waals surface area contributed by atoms with Crippen LogP contribution in [-0.2, 0) is 9.53 Å². The summed E-state index contributed by atoms with van der Waals surface area (Å²) in [7, 11) is 3.10. The van der Waals surface area contributed by atoms with Crippen LogP contribution in [-0.4, -0.2) is 43.8 Å². The Morgan fingerprint density at radius 2 is 1.87 bits per heavy atom. The molecule has 2 atom stereocenters. The number of carbonyl (C=O) groups excluding carboxylic acids is 2. The second-order valence-corrected chi connectivity index (χ2v) is 5.93. The Labute approximate surface area is 136 Å². The number of hydrogen-bond acceptors (Lipinski definition) is 5. The highest BCUT2D eigenvalue weighted by Crippen LogP contribution is 2.32. The lowest BCUT2D eigenvalue weighted by atomic mass is 9.97. The normalized spacial score (nSPS) is 18.8. The molecule has 1 heterocycles. The molecule has 1 fully saturated rings. The first-order valence-electron chi connectivity index (χ1n) is 7.62. The van der Waals surface area contributed by atoms with Crippen LogP contribution < -0.4 is 9.47 Å². The molecule has 0 saturated carbocycles. The van der Waals surface area contributed by atoms with E-state index in [1.54, 1.807) is 39.3 Å². The van der Waals surface area contributed by atoms with Crippen molar-refractivity contribution in [3.63, 3.8) is 0 Å². The van der Waals surface area contributed by atoms with Crippen LogP contribution in [0.2, 0.25) is 0 Å². The average Bonchev–Trinajstić information content (AvgIpc) is 2.94. The van der Waals surface area contributed by atoms with E-state index in [1.165, 1.54) is 4.90 Å². The summed E-state index contributed by atoms with van der Waals surface area (Å²) in [6.45, 7) is 5.95. The average molecular weight is 321 g/mol. The van der Waals surface area contributed by atoms with Gasteiger partial charge in [-0.15, -0.1) is 0 Å². The molecule has 0 radical (unpaired) electrons. The lowest BCUT2D eigenvalue weighted by Crippen LogP contribution is -2.43. The van der Waals surface area contributed by atoms with Crippen molar-refractivity contribution in [1.82, 2.24) is 4.90 Å². The van der Waals surface area contributed by atoms with E-state index in [1.807, 2.05) is 13.8 Å². The van der Waals surface area contributed by atoms with Gasteiger partial charge >= 0.3 is 6.09 Å². The van der Waals surface area contributed by atoms with E-state index in [-0.39, 0.29) is 24.5 Å². The van der Waals surface area contributed by atoms with Crippen molar-refractivity contribution in [3.05, 3.63) is 23.8 Å². The summed E-state index contributed by atoms with van der Waals surface area (Å²) < 4.78 is 15.5. The van der Waals surface area contributed by atoms with Crippen molar-refractivity contribution < 1.29 is 23.8 Å². The summed E-state index contributed by atoms with van der Waals surface area (Å²) in [6, 6.07) is 5.08. The Morgan fingerprint density at radius 1 is 1.22 bits per heavy atom. The van der Waals surface area contributed by atoms with Gasteiger partial charge in [-0.25, -0.2) is 9.69 Å². The van der Waals surface area contributed by atoms with Gasteiger partial charge in [-0.3, -0.25) is 4.79 Å². The molecular formula is C17H23NO5. The maximum absolute atomic E-state index is 12.8. The third kappa shape index (κ3) is 3.25. The van der Waals surface area contributed by atoms with Crippen molar-refractivity contribution in [1.29, 1.82) is 0 Å². The first-order chi connectivity index (χ1) is 10.9. The summed E-state index contributed by atoms with van der Waals surface area (Å²) in [5.41, 5.74) is 0.759. The van der Waals surface area contributed by atoms with Gasteiger partial charge in [-0.1, -0.05) is 19.9 Å². The van der Waals surface area contributed by atoms with Crippen molar-refractivity contribution in [2.45, 2.75) is 32.7 Å². The minimum Gasteiger partial charge on any atom is -0.493 e. The first-order valence-corrected chi connectivity index (χ1v) is 7.62. The van der Waals surface area contributed by atoms with Crippen molar-refractivity contribution >= 4 is 12.0 Å². The molecule has 1 aromatic carbocycles. The monoisotopic (exact) mass is 321 g/mol. The molecule has 0 N–H and O–H groups in total. The van der Waals surface area contributed by atoms with Gasteiger partial charge in [0.25, 0.3) is 0 Å². The minimum absolute atomic E-state index is 0.142. The Hall–Kier alpha value is -2.24. The standard InChI is InChI=1S/C17H23NO5/c1-10(2)13-9-23-17(20)18(13)16(19)11(3)12-6-7-14(21-4)15(8-12)22-5/h6-8,10-11,13H,9H2,1-5H3/t11?,13-/m0/s1. The van der Waals surface area contributed by atoms with Crippen LogP contribution in [0, 0.1) is 5.92 Å². The van der Waals surface area contributed by atoms with Gasteiger partial charge in [0.1, 0.15) is 6.61 Å². The van der Waals surface area contributed by atoms with Crippen LogP contribution in [0.25, 0.3) is 0 Å². The second kappa shape index (κ2) is 6.89. The lowest BCUT2D eigenvalue weighted by molar-refractivity contribution is -0.131. The fraction of sp³-hybridized carbons (Fsp3) is 0.529. The Bertz CT molecular complexity index is 599. The summed E-state index contributed by atoms with van der Waals surface area (Å²) in [4.78, 5) is 25.9. The SMILES string of the molecule is COc1ccc(C(C)C(=O)N2C(=O)OC[C@H]2C(C)C)cc1OC. The molecular weight excluding hydrogens is 298 g/mol. The molecule has 126 valence electrons. The van der Waals surface area contributed by atoms with Gasteiger partial charge in [0.2, 0.25) is 5.91 Å². The molecule has 1 aliphatic rings. The number of hydrogen-bond donors (Lipinski definition) is 0. The predicted molar refractivity (Wildman–Crippen MR) is 84.8 cm³/mol. The molecule has 2 rings (SSSR count). The summed E-state index contributed by atoms with van der Waals surface area (Å²) in [6.07, 6.45) is -0.568. The van der Waals surface area contributed by atoms with Gasteiger partial charge in [0, 0.05) is 0 Å². The van der Waals surface area contributed by atoms with E-state index in [0.29, 0.717) is 11.5 Å². The number of imide groups is 1. The minimum atomic E-state index is -0.568. The smallest absolute Gasteiger partial charge is 0.417 e. The Morgan fingerprint density at radius 3 is 2.43 bits per heavy atom. The quantitative estimate of drug-likeness (QED) is 0.834. The number of carbonyl (C=O) groups is 2. The van der Waals surface area contributed by atoms with E-state index in [2.05, 4.69) is 0 Å². The largest absolute Gasteiger partial charge is 0.493 e. The molecule has 1 aromatic rings. The van der Waals surface area contributed by atoms with Crippen LogP contribution in [0.1, 0.15) is 32.3 Å². The first kappa shape index (κ1) is 17.1. The summed E-state index contributed by atoms with van der Waals surface area (Å²) in [5.74, 6) is 0.536. The highest BCUT2D eigenvalue weighted by Gasteiger charge is 2.41. The van der Waals surface area contributed by atoms with Gasteiger partial charge in [-0.2, -0.15) is 0 Å². The fourth-order valence-corrected chi connectivity index (χ4v) is 2.65. The number of rotatable bonds is 5. The maximum atomic E-state index is 12.8. The maximum Gasteiger partial charge on any atom is 0.417 e. The third-order valence-electron chi connectivity index (χ3n) is 4.19. The van der Waals surface area contributed by atoms with Crippen LogP contribution in [0.15, 0.2) is 18.2 Å². The molecule has 0 spiro atoms. The lowest BCUT2D eigenvalue weighted by Gasteiger charge is -2.25. The molecule has 23 heavy (non-hydrogen) atoms. The second-order valence-electron chi connectivity index (χ2n) is 5.93. The van der Waals surface area contributed by atoms with Gasteiger partial charge in [-0.05, 0) is 30.5 Å². The molecule has 0 bridgehead atoms. The number of methoxy groups -OCH3 is 2. The van der Waals surface area contributed by atoms with E-state index < -0.39 is 12.0 Å². The zero-order chi connectivity index (χ0) is 17.1. The molecule has 2 amide bonds. The zero-order valence-corrected chi connectivity index (χ0v) is 14.2. The van der Waals surface area contributed by atoms with Crippen LogP contribution in [0.3, 0.4) is 0 Å². The highest BCUT2D eigenvalue weighted by atomic mass is 16.6. The van der Waals surface area contributed by atoms with Gasteiger partial charge in [0.05, 0.1) is 26.2 Å². The van der Waals surface area contributed by atoms with Crippen LogP contribution in [0.4, 0.5) is 4.79 Å².